The number of hydrogen-bond donors (Lipinski definition) is 1. The van der Waals surface area contributed by atoms with Gasteiger partial charge in [-0.1, -0.05) is 18.2 Å². The maximum absolute atomic E-state index is 11.8. The number of aliphatic carboxylic acids is 1. The first kappa shape index (κ1) is 15.4. The summed E-state index contributed by atoms with van der Waals surface area (Å²) in [5.74, 6) is -0.754. The molecule has 2 rings (SSSR count). The van der Waals surface area contributed by atoms with Crippen LogP contribution in [-0.4, -0.2) is 60.4 Å². The highest BCUT2D eigenvalue weighted by Crippen LogP contribution is 2.30. The summed E-state index contributed by atoms with van der Waals surface area (Å²) in [7, 11) is 2.09. The third kappa shape index (κ3) is 3.53. The zero-order valence-electron chi connectivity index (χ0n) is 12.1. The first-order valence-corrected chi connectivity index (χ1v) is 8.14. The molecule has 0 aromatic heterocycles. The van der Waals surface area contributed by atoms with E-state index in [4.69, 9.17) is 0 Å². The van der Waals surface area contributed by atoms with Crippen molar-refractivity contribution in [3.8, 4) is 0 Å². The molecule has 0 saturated carbocycles. The molecule has 1 aromatic carbocycles. The number of carboxylic acids is 1. The van der Waals surface area contributed by atoms with Crippen molar-refractivity contribution in [2.24, 2.45) is 0 Å². The van der Waals surface area contributed by atoms with E-state index < -0.39 is 12.0 Å². The van der Waals surface area contributed by atoms with Gasteiger partial charge in [0.25, 0.3) is 0 Å². The molecular weight excluding hydrogens is 272 g/mol. The van der Waals surface area contributed by atoms with Crippen LogP contribution in [0.2, 0.25) is 0 Å². The fourth-order valence-corrected chi connectivity index (χ4v) is 3.33. The van der Waals surface area contributed by atoms with Crippen LogP contribution in [0.5, 0.6) is 0 Å². The van der Waals surface area contributed by atoms with Crippen LogP contribution in [0.25, 0.3) is 0 Å². The largest absolute Gasteiger partial charge is 0.480 e. The molecule has 1 saturated heterocycles. The van der Waals surface area contributed by atoms with E-state index >= 15 is 0 Å². The van der Waals surface area contributed by atoms with Crippen molar-refractivity contribution in [1.82, 2.24) is 9.80 Å². The second-order valence-electron chi connectivity index (χ2n) is 5.18. The van der Waals surface area contributed by atoms with Gasteiger partial charge in [0, 0.05) is 24.5 Å². The van der Waals surface area contributed by atoms with Crippen LogP contribution in [-0.2, 0) is 4.79 Å². The van der Waals surface area contributed by atoms with Crippen molar-refractivity contribution in [2.75, 3.05) is 39.5 Å². The monoisotopic (exact) mass is 294 g/mol. The summed E-state index contributed by atoms with van der Waals surface area (Å²) in [6.45, 7) is 3.60. The molecule has 1 fully saturated rings. The molecule has 110 valence electrons. The van der Waals surface area contributed by atoms with Crippen LogP contribution in [0.3, 0.4) is 0 Å². The molecule has 1 aliphatic rings. The van der Waals surface area contributed by atoms with Gasteiger partial charge in [0.05, 0.1) is 0 Å². The minimum Gasteiger partial charge on any atom is -0.480 e. The van der Waals surface area contributed by atoms with E-state index in [9.17, 15) is 9.90 Å². The van der Waals surface area contributed by atoms with E-state index in [-0.39, 0.29) is 0 Å². The van der Waals surface area contributed by atoms with E-state index in [1.807, 2.05) is 30.5 Å². The maximum Gasteiger partial charge on any atom is 0.325 e. The Kier molecular flexibility index (Phi) is 5.46. The molecule has 0 unspecified atom stereocenters. The Labute approximate surface area is 124 Å². The van der Waals surface area contributed by atoms with E-state index in [0.717, 1.165) is 43.1 Å². The smallest absolute Gasteiger partial charge is 0.325 e. The second kappa shape index (κ2) is 7.11. The minimum absolute atomic E-state index is 0.537. The van der Waals surface area contributed by atoms with Crippen molar-refractivity contribution < 1.29 is 9.90 Å². The standard InChI is InChI=1S/C15H22N2O2S/c1-16-8-5-9-17(11-10-16)14(15(18)19)12-6-3-4-7-13(12)20-2/h3-4,6-7,14H,5,8-11H2,1-2H3,(H,18,19)/t14-/m0/s1. The highest BCUT2D eigenvalue weighted by molar-refractivity contribution is 7.98. The van der Waals surface area contributed by atoms with Crippen molar-refractivity contribution in [1.29, 1.82) is 0 Å². The van der Waals surface area contributed by atoms with Gasteiger partial charge in [0.15, 0.2) is 0 Å². The van der Waals surface area contributed by atoms with Gasteiger partial charge in [-0.2, -0.15) is 0 Å². The number of likely N-dealkylation sites (N-methyl/N-ethyl adjacent to an activating group) is 1. The molecule has 1 N–H and O–H groups in total. The molecule has 5 heteroatoms. The Morgan fingerprint density at radius 1 is 1.25 bits per heavy atom. The number of benzene rings is 1. The van der Waals surface area contributed by atoms with Gasteiger partial charge in [0.1, 0.15) is 6.04 Å². The molecule has 1 atom stereocenters. The van der Waals surface area contributed by atoms with Crippen molar-refractivity contribution in [3.05, 3.63) is 29.8 Å². The molecule has 20 heavy (non-hydrogen) atoms. The third-order valence-electron chi connectivity index (χ3n) is 3.79. The lowest BCUT2D eigenvalue weighted by Gasteiger charge is -2.28. The van der Waals surface area contributed by atoms with Crippen LogP contribution in [0.15, 0.2) is 29.2 Å². The van der Waals surface area contributed by atoms with Gasteiger partial charge in [-0.3, -0.25) is 9.69 Å². The lowest BCUT2D eigenvalue weighted by Crippen LogP contribution is -2.37. The van der Waals surface area contributed by atoms with Gasteiger partial charge in [0.2, 0.25) is 0 Å². The zero-order valence-corrected chi connectivity index (χ0v) is 12.9. The molecular formula is C15H22N2O2S. The van der Waals surface area contributed by atoms with E-state index in [1.165, 1.54) is 0 Å². The van der Waals surface area contributed by atoms with E-state index in [2.05, 4.69) is 16.8 Å². The maximum atomic E-state index is 11.8. The Bertz CT molecular complexity index is 467. The molecule has 4 nitrogen and oxygen atoms in total. The summed E-state index contributed by atoms with van der Waals surface area (Å²) >= 11 is 1.61. The third-order valence-corrected chi connectivity index (χ3v) is 4.60. The van der Waals surface area contributed by atoms with Crippen molar-refractivity contribution in [2.45, 2.75) is 17.4 Å². The first-order chi connectivity index (χ1) is 9.63. The average Bonchev–Trinajstić information content (AvgIpc) is 2.64. The summed E-state index contributed by atoms with van der Waals surface area (Å²) < 4.78 is 0. The molecule has 1 heterocycles. The first-order valence-electron chi connectivity index (χ1n) is 6.92. The second-order valence-corrected chi connectivity index (χ2v) is 6.02. The Morgan fingerprint density at radius 3 is 2.70 bits per heavy atom. The molecule has 0 bridgehead atoms. The van der Waals surface area contributed by atoms with Crippen LogP contribution < -0.4 is 0 Å². The highest BCUT2D eigenvalue weighted by atomic mass is 32.2. The quantitative estimate of drug-likeness (QED) is 0.862. The topological polar surface area (TPSA) is 43.8 Å². The number of carboxylic acid groups (broad SMARTS) is 1. The lowest BCUT2D eigenvalue weighted by molar-refractivity contribution is -0.143. The zero-order chi connectivity index (χ0) is 14.5. The molecule has 1 aliphatic heterocycles. The van der Waals surface area contributed by atoms with Crippen LogP contribution in [0.4, 0.5) is 0 Å². The number of nitrogens with zero attached hydrogens (tertiary/aromatic N) is 2. The molecule has 0 spiro atoms. The SMILES string of the molecule is CSc1ccccc1[C@@H](C(=O)O)N1CCCN(C)CC1. The lowest BCUT2D eigenvalue weighted by atomic mass is 10.0. The Balaban J connectivity index is 2.28. The summed E-state index contributed by atoms with van der Waals surface area (Å²) in [6.07, 6.45) is 3.01. The van der Waals surface area contributed by atoms with Gasteiger partial charge in [-0.15, -0.1) is 11.8 Å². The number of hydrogen-bond acceptors (Lipinski definition) is 4. The van der Waals surface area contributed by atoms with E-state index in [1.54, 1.807) is 11.8 Å². The molecule has 0 aliphatic carbocycles. The number of thioether (sulfide) groups is 1. The number of rotatable bonds is 4. The van der Waals surface area contributed by atoms with Crippen molar-refractivity contribution >= 4 is 17.7 Å². The molecule has 0 amide bonds. The van der Waals surface area contributed by atoms with E-state index in [0.29, 0.717) is 0 Å². The van der Waals surface area contributed by atoms with Gasteiger partial charge in [-0.05, 0) is 37.9 Å². The minimum atomic E-state index is -0.754. The summed E-state index contributed by atoms with van der Waals surface area (Å²) in [4.78, 5) is 17.2. The predicted molar refractivity (Wildman–Crippen MR) is 82.3 cm³/mol. The Morgan fingerprint density at radius 2 is 2.00 bits per heavy atom. The van der Waals surface area contributed by atoms with Crippen LogP contribution in [0.1, 0.15) is 18.0 Å². The fraction of sp³-hybridized carbons (Fsp3) is 0.533. The molecule has 1 aromatic rings. The van der Waals surface area contributed by atoms with Gasteiger partial charge in [-0.25, -0.2) is 0 Å². The van der Waals surface area contributed by atoms with Gasteiger partial charge < -0.3 is 10.0 Å². The van der Waals surface area contributed by atoms with Gasteiger partial charge >= 0.3 is 5.97 Å². The van der Waals surface area contributed by atoms with Crippen LogP contribution in [0, 0.1) is 0 Å². The Hall–Kier alpha value is -1.04. The average molecular weight is 294 g/mol. The van der Waals surface area contributed by atoms with Crippen molar-refractivity contribution in [3.63, 3.8) is 0 Å². The summed E-state index contributed by atoms with van der Waals surface area (Å²) in [5.41, 5.74) is 0.914. The van der Waals surface area contributed by atoms with Crippen LogP contribution >= 0.6 is 11.8 Å². The summed E-state index contributed by atoms with van der Waals surface area (Å²) in [6, 6.07) is 7.29. The predicted octanol–water partition coefficient (Wildman–Crippen LogP) is 2.17. The molecule has 0 radical (unpaired) electrons. The normalized spacial score (nSPS) is 19.5. The summed E-state index contributed by atoms with van der Waals surface area (Å²) in [5, 5.41) is 9.69. The number of carbonyl (C=O) groups is 1. The fourth-order valence-electron chi connectivity index (χ4n) is 2.70. The highest BCUT2D eigenvalue weighted by Gasteiger charge is 2.30.